The second kappa shape index (κ2) is 7.10. The van der Waals surface area contributed by atoms with E-state index in [-0.39, 0.29) is 14.1 Å². The van der Waals surface area contributed by atoms with Gasteiger partial charge in [0.05, 0.1) is 12.5 Å². The van der Waals surface area contributed by atoms with Gasteiger partial charge in [-0.3, -0.25) is 4.79 Å². The van der Waals surface area contributed by atoms with Gasteiger partial charge in [-0.25, -0.2) is 0 Å². The van der Waals surface area contributed by atoms with Crippen LogP contribution in [0.4, 0.5) is 5.69 Å². The Morgan fingerprint density at radius 1 is 1.03 bits per heavy atom. The first-order valence-electron chi connectivity index (χ1n) is 10.1. The topological polar surface area (TPSA) is 56.8 Å². The van der Waals surface area contributed by atoms with Crippen molar-refractivity contribution in [3.05, 3.63) is 71.8 Å². The number of hydrogen-bond acceptors (Lipinski definition) is 4. The number of fused-ring (bicyclic) bond motifs is 1. The van der Waals surface area contributed by atoms with Crippen LogP contribution in [-0.4, -0.2) is 19.8 Å². The lowest BCUT2D eigenvalue weighted by Crippen LogP contribution is -2.27. The number of nitrogens with one attached hydrogen (secondary N) is 1. The van der Waals surface area contributed by atoms with Crippen LogP contribution in [0.2, 0.25) is 0 Å². The Morgan fingerprint density at radius 3 is 2.63 bits per heavy atom. The van der Waals surface area contributed by atoms with Crippen LogP contribution in [0.5, 0.6) is 17.2 Å². The lowest BCUT2D eigenvalue weighted by Gasteiger charge is -2.18. The Labute approximate surface area is 177 Å². The summed E-state index contributed by atoms with van der Waals surface area (Å²) in [5.74, 6) is 2.21. The highest BCUT2D eigenvalue weighted by Gasteiger charge is 2.51. The van der Waals surface area contributed by atoms with Crippen LogP contribution in [0.25, 0.3) is 11.1 Å². The van der Waals surface area contributed by atoms with Crippen molar-refractivity contribution >= 4 is 11.6 Å². The van der Waals surface area contributed by atoms with Crippen molar-refractivity contribution in [1.82, 2.24) is 0 Å². The highest BCUT2D eigenvalue weighted by atomic mass is 16.7. The van der Waals surface area contributed by atoms with Crippen LogP contribution < -0.4 is 19.5 Å². The SMILES string of the molecule is COc1ccc(NC(=O)C2(c3ccc4c(c3)OCO4)CC2)cc1-c1cccc(C)c1.[HH]. The molecule has 0 spiro atoms. The minimum absolute atomic E-state index is 0. The van der Waals surface area contributed by atoms with E-state index in [0.717, 1.165) is 46.7 Å². The average molecular weight is 403 g/mol. The number of hydrogen-bond donors (Lipinski definition) is 1. The number of rotatable bonds is 5. The van der Waals surface area contributed by atoms with Gasteiger partial charge >= 0.3 is 0 Å². The summed E-state index contributed by atoms with van der Waals surface area (Å²) < 4.78 is 16.4. The normalized spacial score (nSPS) is 15.5. The van der Waals surface area contributed by atoms with E-state index < -0.39 is 5.41 Å². The first kappa shape index (κ1) is 18.6. The molecule has 5 heteroatoms. The maximum atomic E-state index is 13.2. The van der Waals surface area contributed by atoms with Crippen molar-refractivity contribution < 1.29 is 20.4 Å². The number of ether oxygens (including phenoxy) is 3. The zero-order valence-electron chi connectivity index (χ0n) is 17.0. The quantitative estimate of drug-likeness (QED) is 0.627. The Bertz CT molecular complexity index is 1140. The molecule has 5 rings (SSSR count). The van der Waals surface area contributed by atoms with Crippen LogP contribution in [0.3, 0.4) is 0 Å². The van der Waals surface area contributed by atoms with Crippen LogP contribution >= 0.6 is 0 Å². The molecule has 0 aromatic heterocycles. The van der Waals surface area contributed by atoms with Crippen LogP contribution in [-0.2, 0) is 10.2 Å². The van der Waals surface area contributed by atoms with Gasteiger partial charge in [-0.1, -0.05) is 35.9 Å². The van der Waals surface area contributed by atoms with Gasteiger partial charge in [0, 0.05) is 12.7 Å². The molecule has 0 bridgehead atoms. The summed E-state index contributed by atoms with van der Waals surface area (Å²) >= 11 is 0. The van der Waals surface area contributed by atoms with Crippen molar-refractivity contribution in [3.63, 3.8) is 0 Å². The maximum Gasteiger partial charge on any atom is 0.235 e. The standard InChI is InChI=1S/C25H23NO4.H2/c1-16-4-3-5-17(12-16)20-14-19(7-9-21(20)28-2)26-24(27)25(10-11-25)18-6-8-22-23(13-18)30-15-29-22;/h3-9,12-14H,10-11,15H2,1-2H3,(H,26,27);1H. The minimum atomic E-state index is -0.510. The molecule has 2 aliphatic rings. The Hall–Kier alpha value is -3.47. The first-order valence-corrected chi connectivity index (χ1v) is 10.1. The summed E-state index contributed by atoms with van der Waals surface area (Å²) in [5, 5.41) is 3.12. The van der Waals surface area contributed by atoms with Crippen molar-refractivity contribution in [3.8, 4) is 28.4 Å². The predicted octanol–water partition coefficient (Wildman–Crippen LogP) is 5.32. The van der Waals surface area contributed by atoms with Crippen LogP contribution in [0, 0.1) is 6.92 Å². The van der Waals surface area contributed by atoms with Crippen molar-refractivity contribution in [2.75, 3.05) is 19.2 Å². The third-order valence-corrected chi connectivity index (χ3v) is 5.90. The van der Waals surface area contributed by atoms with Gasteiger partial charge < -0.3 is 19.5 Å². The molecule has 1 N–H and O–H groups in total. The first-order chi connectivity index (χ1) is 14.6. The number of carbonyl (C=O) groups excluding carboxylic acids is 1. The summed E-state index contributed by atoms with van der Waals surface area (Å²) in [6, 6.07) is 19.8. The lowest BCUT2D eigenvalue weighted by atomic mass is 9.94. The molecule has 0 atom stereocenters. The molecule has 0 unspecified atom stereocenters. The molecular weight excluding hydrogens is 378 g/mol. The second-order valence-corrected chi connectivity index (χ2v) is 7.89. The Kier molecular flexibility index (Phi) is 4.39. The largest absolute Gasteiger partial charge is 0.496 e. The maximum absolute atomic E-state index is 13.2. The van der Waals surface area contributed by atoms with E-state index in [4.69, 9.17) is 14.2 Å². The minimum Gasteiger partial charge on any atom is -0.496 e. The zero-order chi connectivity index (χ0) is 20.7. The molecule has 1 aliphatic heterocycles. The smallest absolute Gasteiger partial charge is 0.235 e. The van der Waals surface area contributed by atoms with E-state index in [9.17, 15) is 4.79 Å². The van der Waals surface area contributed by atoms with E-state index in [1.165, 1.54) is 5.56 Å². The highest BCUT2D eigenvalue weighted by Crippen LogP contribution is 2.51. The molecule has 1 aliphatic carbocycles. The molecule has 1 heterocycles. The Morgan fingerprint density at radius 2 is 1.87 bits per heavy atom. The molecule has 0 radical (unpaired) electrons. The molecule has 1 amide bonds. The van der Waals surface area contributed by atoms with Gasteiger partial charge in [0.15, 0.2) is 11.5 Å². The lowest BCUT2D eigenvalue weighted by molar-refractivity contribution is -0.118. The molecule has 154 valence electrons. The monoisotopic (exact) mass is 403 g/mol. The van der Waals surface area contributed by atoms with Crippen molar-refractivity contribution in [2.24, 2.45) is 0 Å². The fourth-order valence-electron chi connectivity index (χ4n) is 4.04. The number of amides is 1. The van der Waals surface area contributed by atoms with E-state index in [2.05, 4.69) is 24.4 Å². The van der Waals surface area contributed by atoms with Gasteiger partial charge in [-0.05, 0) is 61.2 Å². The number of anilines is 1. The van der Waals surface area contributed by atoms with Gasteiger partial charge in [0.25, 0.3) is 0 Å². The van der Waals surface area contributed by atoms with Crippen LogP contribution in [0.15, 0.2) is 60.7 Å². The predicted molar refractivity (Wildman–Crippen MR) is 117 cm³/mol. The van der Waals surface area contributed by atoms with E-state index in [1.807, 2.05) is 48.5 Å². The molecule has 30 heavy (non-hydrogen) atoms. The zero-order valence-corrected chi connectivity index (χ0v) is 17.0. The van der Waals surface area contributed by atoms with Crippen molar-refractivity contribution in [1.29, 1.82) is 0 Å². The number of benzene rings is 3. The van der Waals surface area contributed by atoms with E-state index in [0.29, 0.717) is 5.75 Å². The molecule has 3 aromatic carbocycles. The molecular formula is C25H25NO4. The fraction of sp³-hybridized carbons (Fsp3) is 0.240. The molecule has 3 aromatic rings. The number of methoxy groups -OCH3 is 1. The third-order valence-electron chi connectivity index (χ3n) is 5.90. The average Bonchev–Trinajstić information content (AvgIpc) is 3.44. The van der Waals surface area contributed by atoms with Crippen LogP contribution in [0.1, 0.15) is 25.4 Å². The molecule has 5 nitrogen and oxygen atoms in total. The number of aryl methyl sites for hydroxylation is 1. The van der Waals surface area contributed by atoms with E-state index in [1.54, 1.807) is 7.11 Å². The fourth-order valence-corrected chi connectivity index (χ4v) is 4.04. The number of carbonyl (C=O) groups is 1. The Balaban J connectivity index is 0.00000231. The summed E-state index contributed by atoms with van der Waals surface area (Å²) in [7, 11) is 1.66. The highest BCUT2D eigenvalue weighted by molar-refractivity contribution is 6.02. The summed E-state index contributed by atoms with van der Waals surface area (Å²) in [6.45, 7) is 2.29. The van der Waals surface area contributed by atoms with Gasteiger partial charge in [0.2, 0.25) is 12.7 Å². The molecule has 1 fully saturated rings. The summed E-state index contributed by atoms with van der Waals surface area (Å²) in [4.78, 5) is 13.2. The van der Waals surface area contributed by atoms with Gasteiger partial charge in [-0.2, -0.15) is 0 Å². The molecule has 1 saturated carbocycles. The van der Waals surface area contributed by atoms with E-state index >= 15 is 0 Å². The molecule has 0 saturated heterocycles. The second-order valence-electron chi connectivity index (χ2n) is 7.89. The summed E-state index contributed by atoms with van der Waals surface area (Å²) in [6.07, 6.45) is 1.64. The third kappa shape index (κ3) is 3.16. The van der Waals surface area contributed by atoms with Gasteiger partial charge in [-0.15, -0.1) is 0 Å². The van der Waals surface area contributed by atoms with Crippen molar-refractivity contribution in [2.45, 2.75) is 25.2 Å². The summed E-state index contributed by atoms with van der Waals surface area (Å²) in [5.41, 5.74) is 4.39. The van der Waals surface area contributed by atoms with Gasteiger partial charge in [0.1, 0.15) is 5.75 Å².